The van der Waals surface area contributed by atoms with Crippen molar-refractivity contribution in [2.45, 2.75) is 19.0 Å². The summed E-state index contributed by atoms with van der Waals surface area (Å²) in [4.78, 5) is 30.3. The summed E-state index contributed by atoms with van der Waals surface area (Å²) in [7, 11) is 0. The van der Waals surface area contributed by atoms with E-state index in [0.717, 1.165) is 17.0 Å². The van der Waals surface area contributed by atoms with Crippen LogP contribution in [0.25, 0.3) is 11.3 Å². The Hall–Kier alpha value is -3.26. The van der Waals surface area contributed by atoms with E-state index in [4.69, 9.17) is 16.0 Å². The van der Waals surface area contributed by atoms with Gasteiger partial charge >= 0.3 is 6.03 Å². The predicted molar refractivity (Wildman–Crippen MR) is 99.7 cm³/mol. The standard InChI is InChI=1S/C20H14ClF2N3O3/c1-20(12-5-6-14(22)15(23)8-12)18(27)26(19(28)25-20)10-17-24-9-16(29-17)11-3-2-4-13(21)7-11/h2-9H,10H2,1H3,(H,25,28). The number of nitrogens with one attached hydrogen (secondary N) is 1. The van der Waals surface area contributed by atoms with Crippen LogP contribution in [-0.4, -0.2) is 21.8 Å². The summed E-state index contributed by atoms with van der Waals surface area (Å²) < 4.78 is 32.5. The average molecular weight is 418 g/mol. The summed E-state index contributed by atoms with van der Waals surface area (Å²) >= 11 is 5.97. The Balaban J connectivity index is 1.58. The highest BCUT2D eigenvalue weighted by Crippen LogP contribution is 2.31. The maximum atomic E-state index is 13.6. The van der Waals surface area contributed by atoms with Gasteiger partial charge in [0.25, 0.3) is 5.91 Å². The molecule has 0 spiro atoms. The molecule has 1 unspecified atom stereocenters. The molecule has 0 radical (unpaired) electrons. The van der Waals surface area contributed by atoms with E-state index < -0.39 is 29.1 Å². The van der Waals surface area contributed by atoms with Crippen molar-refractivity contribution in [3.8, 4) is 11.3 Å². The fourth-order valence-electron chi connectivity index (χ4n) is 3.14. The van der Waals surface area contributed by atoms with Gasteiger partial charge in [0.2, 0.25) is 5.89 Å². The molecular weight excluding hydrogens is 404 g/mol. The normalized spacial score (nSPS) is 19.0. The Labute approximate surface area is 169 Å². The van der Waals surface area contributed by atoms with Gasteiger partial charge in [-0.2, -0.15) is 0 Å². The van der Waals surface area contributed by atoms with Crippen LogP contribution in [0, 0.1) is 11.6 Å². The second-order valence-electron chi connectivity index (χ2n) is 6.70. The first-order valence-electron chi connectivity index (χ1n) is 8.58. The van der Waals surface area contributed by atoms with E-state index in [1.54, 1.807) is 24.3 Å². The Morgan fingerprint density at radius 2 is 1.97 bits per heavy atom. The van der Waals surface area contributed by atoms with E-state index >= 15 is 0 Å². The molecular formula is C20H14ClF2N3O3. The molecule has 1 aromatic heterocycles. The molecule has 1 saturated heterocycles. The monoisotopic (exact) mass is 417 g/mol. The van der Waals surface area contributed by atoms with E-state index in [0.29, 0.717) is 16.3 Å². The lowest BCUT2D eigenvalue weighted by Crippen LogP contribution is -2.41. The van der Waals surface area contributed by atoms with E-state index in [9.17, 15) is 18.4 Å². The van der Waals surface area contributed by atoms with Gasteiger partial charge in [-0.15, -0.1) is 0 Å². The van der Waals surface area contributed by atoms with Crippen LogP contribution in [0.15, 0.2) is 53.1 Å². The van der Waals surface area contributed by atoms with E-state index in [-0.39, 0.29) is 18.0 Å². The summed E-state index contributed by atoms with van der Waals surface area (Å²) in [6.07, 6.45) is 1.47. The van der Waals surface area contributed by atoms with E-state index in [2.05, 4.69) is 10.3 Å². The van der Waals surface area contributed by atoms with Crippen LogP contribution in [0.5, 0.6) is 0 Å². The summed E-state index contributed by atoms with van der Waals surface area (Å²) in [5, 5.41) is 3.05. The van der Waals surface area contributed by atoms with E-state index in [1.165, 1.54) is 19.2 Å². The van der Waals surface area contributed by atoms with Crippen molar-refractivity contribution in [3.05, 3.63) is 76.8 Å². The third kappa shape index (κ3) is 3.36. The van der Waals surface area contributed by atoms with Crippen LogP contribution in [0.2, 0.25) is 5.02 Å². The van der Waals surface area contributed by atoms with Crippen LogP contribution < -0.4 is 5.32 Å². The maximum absolute atomic E-state index is 13.6. The van der Waals surface area contributed by atoms with Gasteiger partial charge in [-0.25, -0.2) is 18.6 Å². The molecule has 3 amide bonds. The number of imide groups is 1. The molecule has 1 aliphatic heterocycles. The number of halogens is 3. The van der Waals surface area contributed by atoms with Gasteiger partial charge in [0.15, 0.2) is 17.4 Å². The Morgan fingerprint density at radius 1 is 1.17 bits per heavy atom. The van der Waals surface area contributed by atoms with Crippen LogP contribution in [0.3, 0.4) is 0 Å². The van der Waals surface area contributed by atoms with Crippen LogP contribution in [-0.2, 0) is 16.9 Å². The van der Waals surface area contributed by atoms with Crippen molar-refractivity contribution in [3.63, 3.8) is 0 Å². The van der Waals surface area contributed by atoms with Gasteiger partial charge in [-0.1, -0.05) is 29.8 Å². The molecule has 3 aromatic rings. The zero-order valence-electron chi connectivity index (χ0n) is 15.1. The summed E-state index contributed by atoms with van der Waals surface area (Å²) in [5.74, 6) is -2.21. The molecule has 0 aliphatic carbocycles. The van der Waals surface area contributed by atoms with Crippen molar-refractivity contribution in [2.24, 2.45) is 0 Å². The quantitative estimate of drug-likeness (QED) is 0.644. The fraction of sp³-hybridized carbons (Fsp3) is 0.150. The van der Waals surface area contributed by atoms with Crippen LogP contribution >= 0.6 is 11.6 Å². The fourth-order valence-corrected chi connectivity index (χ4v) is 3.33. The summed E-state index contributed by atoms with van der Waals surface area (Å²) in [5.41, 5.74) is -0.710. The number of carbonyl (C=O) groups excluding carboxylic acids is 2. The highest BCUT2D eigenvalue weighted by molar-refractivity contribution is 6.30. The number of hydrogen-bond donors (Lipinski definition) is 1. The van der Waals surface area contributed by atoms with E-state index in [1.807, 2.05) is 0 Å². The maximum Gasteiger partial charge on any atom is 0.325 e. The molecule has 148 valence electrons. The number of hydrogen-bond acceptors (Lipinski definition) is 4. The average Bonchev–Trinajstić information content (AvgIpc) is 3.23. The van der Waals surface area contributed by atoms with Gasteiger partial charge in [0.1, 0.15) is 12.1 Å². The van der Waals surface area contributed by atoms with Crippen molar-refractivity contribution >= 4 is 23.5 Å². The lowest BCUT2D eigenvalue weighted by molar-refractivity contribution is -0.131. The number of aromatic nitrogens is 1. The number of amides is 3. The number of rotatable bonds is 4. The lowest BCUT2D eigenvalue weighted by atomic mass is 9.92. The number of urea groups is 1. The zero-order chi connectivity index (χ0) is 20.8. The summed E-state index contributed by atoms with van der Waals surface area (Å²) in [6.45, 7) is 1.21. The number of carbonyl (C=O) groups is 2. The SMILES string of the molecule is CC1(c2ccc(F)c(F)c2)NC(=O)N(Cc2ncc(-c3cccc(Cl)c3)o2)C1=O. The molecule has 1 aliphatic rings. The first kappa shape index (κ1) is 19.1. The molecule has 1 atom stereocenters. The molecule has 0 saturated carbocycles. The molecule has 2 heterocycles. The molecule has 29 heavy (non-hydrogen) atoms. The van der Waals surface area contributed by atoms with Gasteiger partial charge < -0.3 is 9.73 Å². The first-order valence-corrected chi connectivity index (χ1v) is 8.96. The molecule has 2 aromatic carbocycles. The zero-order valence-corrected chi connectivity index (χ0v) is 15.8. The highest BCUT2D eigenvalue weighted by Gasteiger charge is 2.49. The van der Waals surface area contributed by atoms with Gasteiger partial charge in [0, 0.05) is 10.6 Å². The second kappa shape index (κ2) is 6.97. The van der Waals surface area contributed by atoms with Gasteiger partial charge in [-0.05, 0) is 36.8 Å². The molecule has 9 heteroatoms. The van der Waals surface area contributed by atoms with Gasteiger partial charge in [-0.3, -0.25) is 9.69 Å². The number of benzene rings is 2. The van der Waals surface area contributed by atoms with Crippen molar-refractivity contribution < 1.29 is 22.8 Å². The van der Waals surface area contributed by atoms with Crippen LogP contribution in [0.4, 0.5) is 13.6 Å². The topological polar surface area (TPSA) is 75.4 Å². The first-order chi connectivity index (χ1) is 13.8. The Bertz CT molecular complexity index is 1130. The number of nitrogens with zero attached hydrogens (tertiary/aromatic N) is 2. The lowest BCUT2D eigenvalue weighted by Gasteiger charge is -2.22. The number of oxazole rings is 1. The molecule has 4 rings (SSSR count). The smallest absolute Gasteiger partial charge is 0.325 e. The second-order valence-corrected chi connectivity index (χ2v) is 7.14. The summed E-state index contributed by atoms with van der Waals surface area (Å²) in [6, 6.07) is 9.30. The largest absolute Gasteiger partial charge is 0.439 e. The molecule has 1 fully saturated rings. The van der Waals surface area contributed by atoms with Crippen molar-refractivity contribution in [2.75, 3.05) is 0 Å². The third-order valence-corrected chi connectivity index (χ3v) is 4.96. The molecule has 6 nitrogen and oxygen atoms in total. The minimum absolute atomic E-state index is 0.129. The third-order valence-electron chi connectivity index (χ3n) is 4.73. The van der Waals surface area contributed by atoms with Crippen molar-refractivity contribution in [1.82, 2.24) is 15.2 Å². The molecule has 0 bridgehead atoms. The minimum Gasteiger partial charge on any atom is -0.439 e. The predicted octanol–water partition coefficient (Wildman–Crippen LogP) is 4.24. The Kier molecular flexibility index (Phi) is 4.58. The minimum atomic E-state index is -1.53. The Morgan fingerprint density at radius 3 is 2.69 bits per heavy atom. The molecule has 1 N–H and O–H groups in total. The van der Waals surface area contributed by atoms with Crippen LogP contribution in [0.1, 0.15) is 18.4 Å². The highest BCUT2D eigenvalue weighted by atomic mass is 35.5. The van der Waals surface area contributed by atoms with Crippen molar-refractivity contribution in [1.29, 1.82) is 0 Å². The van der Waals surface area contributed by atoms with Gasteiger partial charge in [0.05, 0.1) is 6.20 Å².